The minimum absolute atomic E-state index is 0.0362. The smallest absolute Gasteiger partial charge is 0.275 e. The Bertz CT molecular complexity index is 1490. The number of pyridine rings is 2. The van der Waals surface area contributed by atoms with Crippen molar-refractivity contribution in [3.63, 3.8) is 0 Å². The standard InChI is InChI=1S/C26H27N5O6S/c1-18(17-35-2)36-25-15-21(37-20-7-9-22(10-8-20)38(3,33)34)14-23(28-25)26(32)29-24-11-13-31(30-24)16-19-6-4-5-12-27-19/h4-15,18H,16-17H2,1-3H3,(H,29,30,32). The zero-order valence-electron chi connectivity index (χ0n) is 21.1. The van der Waals surface area contributed by atoms with Crippen LogP contribution in [0.1, 0.15) is 23.1 Å². The topological polar surface area (TPSA) is 135 Å². The number of hydrogen-bond donors (Lipinski definition) is 1. The predicted octanol–water partition coefficient (Wildman–Crippen LogP) is 3.58. The van der Waals surface area contributed by atoms with E-state index in [1.165, 1.54) is 36.4 Å². The molecule has 1 aromatic carbocycles. The Balaban J connectivity index is 1.54. The lowest BCUT2D eigenvalue weighted by molar-refractivity contribution is 0.0880. The lowest BCUT2D eigenvalue weighted by Gasteiger charge is -2.15. The summed E-state index contributed by atoms with van der Waals surface area (Å²) in [5.74, 6) is 0.628. The van der Waals surface area contributed by atoms with Crippen molar-refractivity contribution in [1.29, 1.82) is 0 Å². The molecule has 0 aliphatic heterocycles. The summed E-state index contributed by atoms with van der Waals surface area (Å²) in [6.45, 7) is 2.57. The van der Waals surface area contributed by atoms with Gasteiger partial charge in [0.25, 0.3) is 5.91 Å². The van der Waals surface area contributed by atoms with Gasteiger partial charge in [0.2, 0.25) is 5.88 Å². The number of benzene rings is 1. The molecular weight excluding hydrogens is 510 g/mol. The molecule has 12 heteroatoms. The van der Waals surface area contributed by atoms with Crippen LogP contribution in [0.3, 0.4) is 0 Å². The molecular formula is C26H27N5O6S. The van der Waals surface area contributed by atoms with Gasteiger partial charge in [-0.1, -0.05) is 6.07 Å². The zero-order chi connectivity index (χ0) is 27.1. The fourth-order valence-electron chi connectivity index (χ4n) is 3.44. The number of carbonyl (C=O) groups excluding carboxylic acids is 1. The number of sulfone groups is 1. The van der Waals surface area contributed by atoms with Crippen molar-refractivity contribution < 1.29 is 27.4 Å². The summed E-state index contributed by atoms with van der Waals surface area (Å²) < 4.78 is 41.9. The first kappa shape index (κ1) is 26.8. The number of anilines is 1. The predicted molar refractivity (Wildman–Crippen MR) is 139 cm³/mol. The average Bonchev–Trinajstić information content (AvgIpc) is 3.31. The van der Waals surface area contributed by atoms with Crippen molar-refractivity contribution in [3.05, 3.63) is 84.4 Å². The number of rotatable bonds is 11. The summed E-state index contributed by atoms with van der Waals surface area (Å²) in [4.78, 5) is 21.8. The maximum absolute atomic E-state index is 13.1. The normalized spacial score (nSPS) is 12.1. The molecule has 1 unspecified atom stereocenters. The molecule has 1 N–H and O–H groups in total. The number of amides is 1. The Labute approximate surface area is 220 Å². The second-order valence-corrected chi connectivity index (χ2v) is 10.4. The molecule has 11 nitrogen and oxygen atoms in total. The molecule has 0 radical (unpaired) electrons. The van der Waals surface area contributed by atoms with Crippen LogP contribution in [0.5, 0.6) is 17.4 Å². The van der Waals surface area contributed by atoms with Crippen molar-refractivity contribution >= 4 is 21.6 Å². The molecule has 4 rings (SSSR count). The second-order valence-electron chi connectivity index (χ2n) is 8.43. The maximum atomic E-state index is 13.1. The number of methoxy groups -OCH3 is 1. The summed E-state index contributed by atoms with van der Waals surface area (Å²) in [5.41, 5.74) is 0.866. The van der Waals surface area contributed by atoms with Gasteiger partial charge in [0.1, 0.15) is 23.3 Å². The van der Waals surface area contributed by atoms with Crippen LogP contribution in [0.4, 0.5) is 5.82 Å². The molecule has 0 saturated heterocycles. The van der Waals surface area contributed by atoms with Crippen molar-refractivity contribution in [2.75, 3.05) is 25.3 Å². The van der Waals surface area contributed by atoms with Crippen LogP contribution in [0.2, 0.25) is 0 Å². The first-order valence-corrected chi connectivity index (χ1v) is 13.5. The highest BCUT2D eigenvalue weighted by Gasteiger charge is 2.16. The van der Waals surface area contributed by atoms with Crippen LogP contribution in [0.15, 0.2) is 78.0 Å². The third-order valence-corrected chi connectivity index (χ3v) is 6.28. The van der Waals surface area contributed by atoms with Gasteiger partial charge >= 0.3 is 0 Å². The minimum Gasteiger partial charge on any atom is -0.472 e. The van der Waals surface area contributed by atoms with Gasteiger partial charge in [-0.3, -0.25) is 14.5 Å². The molecule has 0 aliphatic rings. The van der Waals surface area contributed by atoms with E-state index in [0.29, 0.717) is 24.7 Å². The van der Waals surface area contributed by atoms with Gasteiger partial charge in [0, 0.05) is 44.0 Å². The van der Waals surface area contributed by atoms with E-state index in [1.807, 2.05) is 18.2 Å². The number of aromatic nitrogens is 4. The lowest BCUT2D eigenvalue weighted by atomic mass is 10.3. The highest BCUT2D eigenvalue weighted by molar-refractivity contribution is 7.90. The zero-order valence-corrected chi connectivity index (χ0v) is 21.9. The van der Waals surface area contributed by atoms with Gasteiger partial charge in [-0.05, 0) is 43.3 Å². The van der Waals surface area contributed by atoms with Gasteiger partial charge in [0.15, 0.2) is 15.7 Å². The SMILES string of the molecule is COCC(C)Oc1cc(Oc2ccc(S(C)(=O)=O)cc2)cc(C(=O)Nc2ccn(Cc3ccccn3)n2)n1. The van der Waals surface area contributed by atoms with E-state index in [1.54, 1.807) is 37.2 Å². The number of nitrogens with one attached hydrogen (secondary N) is 1. The van der Waals surface area contributed by atoms with Crippen molar-refractivity contribution in [3.8, 4) is 17.4 Å². The molecule has 38 heavy (non-hydrogen) atoms. The molecule has 0 bridgehead atoms. The highest BCUT2D eigenvalue weighted by atomic mass is 32.2. The number of ether oxygens (including phenoxy) is 3. The summed E-state index contributed by atoms with van der Waals surface area (Å²) in [7, 11) is -1.79. The molecule has 1 atom stereocenters. The Morgan fingerprint density at radius 3 is 2.55 bits per heavy atom. The van der Waals surface area contributed by atoms with E-state index in [-0.39, 0.29) is 28.3 Å². The molecule has 0 spiro atoms. The summed E-state index contributed by atoms with van der Waals surface area (Å²) in [6.07, 6.45) is 4.23. The molecule has 3 heterocycles. The summed E-state index contributed by atoms with van der Waals surface area (Å²) >= 11 is 0. The van der Waals surface area contributed by atoms with E-state index in [2.05, 4.69) is 20.4 Å². The van der Waals surface area contributed by atoms with Crippen molar-refractivity contribution in [1.82, 2.24) is 19.7 Å². The minimum atomic E-state index is -3.34. The van der Waals surface area contributed by atoms with Crippen LogP contribution in [-0.2, 0) is 21.1 Å². The Kier molecular flexibility index (Phi) is 8.34. The Morgan fingerprint density at radius 2 is 1.87 bits per heavy atom. The quantitative estimate of drug-likeness (QED) is 0.305. The number of carbonyl (C=O) groups is 1. The van der Waals surface area contributed by atoms with E-state index >= 15 is 0 Å². The lowest BCUT2D eigenvalue weighted by Crippen LogP contribution is -2.20. The van der Waals surface area contributed by atoms with Crippen LogP contribution < -0.4 is 14.8 Å². The Morgan fingerprint density at radius 1 is 1.08 bits per heavy atom. The fraction of sp³-hybridized carbons (Fsp3) is 0.231. The first-order chi connectivity index (χ1) is 18.2. The maximum Gasteiger partial charge on any atom is 0.275 e. The van der Waals surface area contributed by atoms with E-state index in [4.69, 9.17) is 14.2 Å². The van der Waals surface area contributed by atoms with Crippen molar-refractivity contribution in [2.24, 2.45) is 0 Å². The van der Waals surface area contributed by atoms with Gasteiger partial charge < -0.3 is 19.5 Å². The molecule has 0 fully saturated rings. The van der Waals surface area contributed by atoms with Gasteiger partial charge in [0.05, 0.1) is 23.7 Å². The summed E-state index contributed by atoms with van der Waals surface area (Å²) in [6, 6.07) is 16.2. The van der Waals surface area contributed by atoms with Gasteiger partial charge in [-0.15, -0.1) is 0 Å². The fourth-order valence-corrected chi connectivity index (χ4v) is 4.07. The number of nitrogens with zero attached hydrogens (tertiary/aromatic N) is 4. The molecule has 0 aliphatic carbocycles. The molecule has 198 valence electrons. The molecule has 4 aromatic rings. The Hall–Kier alpha value is -4.29. The monoisotopic (exact) mass is 537 g/mol. The van der Waals surface area contributed by atoms with Gasteiger partial charge in [-0.2, -0.15) is 5.10 Å². The molecule has 0 saturated carbocycles. The van der Waals surface area contributed by atoms with Crippen LogP contribution in [0.25, 0.3) is 0 Å². The molecule has 3 aromatic heterocycles. The van der Waals surface area contributed by atoms with E-state index < -0.39 is 15.7 Å². The van der Waals surface area contributed by atoms with Crippen LogP contribution in [0, 0.1) is 0 Å². The highest BCUT2D eigenvalue weighted by Crippen LogP contribution is 2.27. The van der Waals surface area contributed by atoms with Crippen molar-refractivity contribution in [2.45, 2.75) is 24.5 Å². The van der Waals surface area contributed by atoms with Gasteiger partial charge in [-0.25, -0.2) is 13.4 Å². The third kappa shape index (κ3) is 7.37. The largest absolute Gasteiger partial charge is 0.472 e. The van der Waals surface area contributed by atoms with Crippen LogP contribution in [-0.4, -0.2) is 60.1 Å². The average molecular weight is 538 g/mol. The second kappa shape index (κ2) is 11.8. The van der Waals surface area contributed by atoms with E-state index in [9.17, 15) is 13.2 Å². The third-order valence-electron chi connectivity index (χ3n) is 5.15. The number of hydrogen-bond acceptors (Lipinski definition) is 9. The van der Waals surface area contributed by atoms with E-state index in [0.717, 1.165) is 11.9 Å². The first-order valence-electron chi connectivity index (χ1n) is 11.6. The summed E-state index contributed by atoms with van der Waals surface area (Å²) in [5, 5.41) is 7.10. The van der Waals surface area contributed by atoms with Crippen LogP contribution >= 0.6 is 0 Å². The molecule has 1 amide bonds.